The van der Waals surface area contributed by atoms with Gasteiger partial charge in [0, 0.05) is 55.6 Å². The largest absolute Gasteiger partial charge is 0.480 e. The highest BCUT2D eigenvalue weighted by molar-refractivity contribution is 5.69. The van der Waals surface area contributed by atoms with Gasteiger partial charge in [-0.3, -0.25) is 14.6 Å². The third-order valence-electron chi connectivity index (χ3n) is 8.20. The first-order valence-electron chi connectivity index (χ1n) is 13.7. The van der Waals surface area contributed by atoms with Crippen LogP contribution in [0.25, 0.3) is 11.4 Å². The molecule has 5 rings (SSSR count). The van der Waals surface area contributed by atoms with Gasteiger partial charge < -0.3 is 10.0 Å². The second kappa shape index (κ2) is 11.2. The van der Waals surface area contributed by atoms with Crippen molar-refractivity contribution in [3.8, 4) is 11.4 Å². The molecule has 1 atom stereocenters. The molecule has 7 nitrogen and oxygen atoms in total. The normalized spacial score (nSPS) is 18.0. The number of carboxylic acids is 1. The average molecular weight is 514 g/mol. The van der Waals surface area contributed by atoms with Crippen molar-refractivity contribution in [2.45, 2.75) is 52.6 Å². The summed E-state index contributed by atoms with van der Waals surface area (Å²) in [5, 5.41) is 9.25. The zero-order valence-electron chi connectivity index (χ0n) is 23.1. The van der Waals surface area contributed by atoms with Gasteiger partial charge in [-0.15, -0.1) is 0 Å². The number of aryl methyl sites for hydroxylation is 4. The van der Waals surface area contributed by atoms with E-state index < -0.39 is 5.97 Å². The van der Waals surface area contributed by atoms with Crippen LogP contribution in [0, 0.1) is 20.8 Å². The maximum atomic E-state index is 11.3. The van der Waals surface area contributed by atoms with Gasteiger partial charge in [0.25, 0.3) is 0 Å². The number of benzene rings is 2. The fraction of sp³-hybridized carbons (Fsp3) is 0.452. The van der Waals surface area contributed by atoms with Crippen molar-refractivity contribution in [3.63, 3.8) is 0 Å². The number of hydrogen-bond acceptors (Lipinski definition) is 6. The maximum absolute atomic E-state index is 11.3. The summed E-state index contributed by atoms with van der Waals surface area (Å²) in [5.74, 6) is 0.986. The molecule has 0 spiro atoms. The van der Waals surface area contributed by atoms with E-state index in [2.05, 4.69) is 80.1 Å². The summed E-state index contributed by atoms with van der Waals surface area (Å²) >= 11 is 0. The van der Waals surface area contributed by atoms with E-state index in [1.165, 1.54) is 28.7 Å². The number of piperazine rings is 1. The summed E-state index contributed by atoms with van der Waals surface area (Å²) in [6, 6.07) is 15.5. The van der Waals surface area contributed by atoms with Gasteiger partial charge in [-0.25, -0.2) is 9.97 Å². The fourth-order valence-electron chi connectivity index (χ4n) is 6.16. The molecular weight excluding hydrogens is 474 g/mol. The van der Waals surface area contributed by atoms with Crippen LogP contribution in [0.2, 0.25) is 0 Å². The van der Waals surface area contributed by atoms with Crippen LogP contribution in [-0.2, 0) is 17.8 Å². The van der Waals surface area contributed by atoms with Crippen molar-refractivity contribution in [2.24, 2.45) is 0 Å². The lowest BCUT2D eigenvalue weighted by atomic mass is 9.87. The van der Waals surface area contributed by atoms with Crippen LogP contribution in [-0.4, -0.2) is 70.6 Å². The summed E-state index contributed by atoms with van der Waals surface area (Å²) in [6.45, 7) is 10.1. The van der Waals surface area contributed by atoms with Gasteiger partial charge in [0.1, 0.15) is 5.82 Å². The Kier molecular flexibility index (Phi) is 7.77. The summed E-state index contributed by atoms with van der Waals surface area (Å²) in [5.41, 5.74) is 8.52. The molecule has 2 aromatic carbocycles. The molecule has 0 saturated carbocycles. The van der Waals surface area contributed by atoms with Crippen molar-refractivity contribution >= 4 is 11.8 Å². The third kappa shape index (κ3) is 5.45. The molecule has 1 fully saturated rings. The van der Waals surface area contributed by atoms with E-state index in [1.54, 1.807) is 0 Å². The molecule has 0 unspecified atom stereocenters. The molecule has 1 N–H and O–H groups in total. The second-order valence-corrected chi connectivity index (χ2v) is 10.9. The quantitative estimate of drug-likeness (QED) is 0.487. The molecule has 3 aromatic rings. The zero-order valence-corrected chi connectivity index (χ0v) is 23.1. The lowest BCUT2D eigenvalue weighted by Gasteiger charge is -2.37. The Labute approximate surface area is 226 Å². The molecular formula is C31H39N5O2. The number of carbonyl (C=O) groups is 1. The number of hydrogen-bond donors (Lipinski definition) is 1. The van der Waals surface area contributed by atoms with Gasteiger partial charge in [0.2, 0.25) is 0 Å². The predicted octanol–water partition coefficient (Wildman–Crippen LogP) is 4.78. The van der Waals surface area contributed by atoms with E-state index in [-0.39, 0.29) is 6.54 Å². The van der Waals surface area contributed by atoms with E-state index in [1.807, 2.05) is 4.90 Å². The molecule has 0 amide bonds. The van der Waals surface area contributed by atoms with Gasteiger partial charge in [-0.05, 0) is 69.3 Å². The number of fused-ring (bicyclic) bond motifs is 1. The van der Waals surface area contributed by atoms with E-state index in [4.69, 9.17) is 9.97 Å². The minimum Gasteiger partial charge on any atom is -0.480 e. The lowest BCUT2D eigenvalue weighted by molar-refractivity contribution is -0.138. The smallest absolute Gasteiger partial charge is 0.317 e. The van der Waals surface area contributed by atoms with Crippen LogP contribution in [0.3, 0.4) is 0 Å². The summed E-state index contributed by atoms with van der Waals surface area (Å²) in [6.07, 6.45) is 3.50. The summed E-state index contributed by atoms with van der Waals surface area (Å²) < 4.78 is 0. The first-order valence-corrected chi connectivity index (χ1v) is 13.7. The molecule has 1 aliphatic heterocycles. The zero-order chi connectivity index (χ0) is 26.8. The minimum absolute atomic E-state index is 0.0843. The SMILES string of the molecule is Cc1cccc(C)c1-c1nc(C)c(CN(C)[C@H]2CCCc3ccccc32)c(N2CCN(CC(=O)O)CC2)n1. The number of nitrogens with zero attached hydrogens (tertiary/aromatic N) is 5. The molecule has 0 radical (unpaired) electrons. The first-order chi connectivity index (χ1) is 18.3. The molecule has 200 valence electrons. The van der Waals surface area contributed by atoms with E-state index >= 15 is 0 Å². The van der Waals surface area contributed by atoms with Gasteiger partial charge in [0.15, 0.2) is 5.82 Å². The Morgan fingerprint density at radius 3 is 2.42 bits per heavy atom. The van der Waals surface area contributed by atoms with Crippen LogP contribution < -0.4 is 4.90 Å². The number of aromatic nitrogens is 2. The van der Waals surface area contributed by atoms with Gasteiger partial charge in [-0.1, -0.05) is 42.5 Å². The summed E-state index contributed by atoms with van der Waals surface area (Å²) in [4.78, 5) is 28.4. The van der Waals surface area contributed by atoms with Gasteiger partial charge in [-0.2, -0.15) is 0 Å². The summed E-state index contributed by atoms with van der Waals surface area (Å²) in [7, 11) is 2.22. The number of anilines is 1. The molecule has 2 aliphatic rings. The van der Waals surface area contributed by atoms with Gasteiger partial charge in [0.05, 0.1) is 6.54 Å². The molecule has 1 saturated heterocycles. The Bertz CT molecular complexity index is 1300. The highest BCUT2D eigenvalue weighted by Crippen LogP contribution is 2.36. The van der Waals surface area contributed by atoms with E-state index in [0.717, 1.165) is 60.9 Å². The molecule has 0 bridgehead atoms. The Balaban J connectivity index is 1.50. The molecule has 2 heterocycles. The Morgan fingerprint density at radius 1 is 1.00 bits per heavy atom. The van der Waals surface area contributed by atoms with Gasteiger partial charge >= 0.3 is 5.97 Å². The minimum atomic E-state index is -0.774. The number of aliphatic carboxylic acids is 1. The predicted molar refractivity (Wildman–Crippen MR) is 152 cm³/mol. The number of carboxylic acid groups (broad SMARTS) is 1. The topological polar surface area (TPSA) is 72.8 Å². The highest BCUT2D eigenvalue weighted by atomic mass is 16.4. The van der Waals surface area contributed by atoms with E-state index in [9.17, 15) is 9.90 Å². The molecule has 1 aliphatic carbocycles. The molecule has 38 heavy (non-hydrogen) atoms. The third-order valence-corrected chi connectivity index (χ3v) is 8.20. The van der Waals surface area contributed by atoms with Crippen LogP contribution >= 0.6 is 0 Å². The number of rotatable bonds is 7. The van der Waals surface area contributed by atoms with Crippen molar-refractivity contribution in [2.75, 3.05) is 44.7 Å². The van der Waals surface area contributed by atoms with Crippen LogP contribution in [0.15, 0.2) is 42.5 Å². The highest BCUT2D eigenvalue weighted by Gasteiger charge is 2.28. The van der Waals surface area contributed by atoms with Crippen molar-refractivity contribution in [1.29, 1.82) is 0 Å². The second-order valence-electron chi connectivity index (χ2n) is 10.9. The van der Waals surface area contributed by atoms with Crippen molar-refractivity contribution < 1.29 is 9.90 Å². The fourth-order valence-corrected chi connectivity index (χ4v) is 6.16. The monoisotopic (exact) mass is 513 g/mol. The first kappa shape index (κ1) is 26.3. The van der Waals surface area contributed by atoms with Crippen LogP contribution in [0.1, 0.15) is 52.4 Å². The van der Waals surface area contributed by atoms with E-state index in [0.29, 0.717) is 19.1 Å². The molecule has 1 aromatic heterocycles. The van der Waals surface area contributed by atoms with Crippen molar-refractivity contribution in [1.82, 2.24) is 19.8 Å². The lowest BCUT2D eigenvalue weighted by Crippen LogP contribution is -2.48. The molecule has 7 heteroatoms. The van der Waals surface area contributed by atoms with Crippen LogP contribution in [0.5, 0.6) is 0 Å². The average Bonchev–Trinajstić information content (AvgIpc) is 2.89. The van der Waals surface area contributed by atoms with Crippen molar-refractivity contribution in [3.05, 3.63) is 76.0 Å². The Hall–Kier alpha value is -3.29. The maximum Gasteiger partial charge on any atom is 0.317 e. The van der Waals surface area contributed by atoms with Crippen LogP contribution in [0.4, 0.5) is 5.82 Å². The standard InChI is InChI=1S/C31H39N5O2/c1-21-9-7-10-22(2)29(21)30-32-23(3)26(31(33-30)36-17-15-35(16-18-36)20-28(37)38)19-34(4)27-14-8-12-24-11-5-6-13-25(24)27/h5-7,9-11,13,27H,8,12,14-20H2,1-4H3,(H,37,38)/t27-/m0/s1. The Morgan fingerprint density at radius 2 is 1.71 bits per heavy atom.